The van der Waals surface area contributed by atoms with Crippen LogP contribution in [0.3, 0.4) is 0 Å². The molecule has 100 valence electrons. The lowest BCUT2D eigenvalue weighted by Crippen LogP contribution is -2.31. The maximum atomic E-state index is 11.5. The van der Waals surface area contributed by atoms with Crippen molar-refractivity contribution in [2.45, 2.75) is 19.8 Å². The molecule has 1 heterocycles. The van der Waals surface area contributed by atoms with Crippen LogP contribution in [-0.4, -0.2) is 28.1 Å². The standard InChI is InChI=1S/C12H14N4O3/c1-2-15-12(17)6-5-10(14-15)8-3-4-9(13)11(7-8)16(18)19/h3-4,7H,2,5-6,13H2,1H3. The van der Waals surface area contributed by atoms with E-state index in [2.05, 4.69) is 5.10 Å². The molecule has 7 nitrogen and oxygen atoms in total. The highest BCUT2D eigenvalue weighted by molar-refractivity contribution is 6.04. The van der Waals surface area contributed by atoms with E-state index in [1.807, 2.05) is 6.92 Å². The summed E-state index contributed by atoms with van der Waals surface area (Å²) in [6.07, 6.45) is 0.848. The van der Waals surface area contributed by atoms with Gasteiger partial charge in [0.25, 0.3) is 5.69 Å². The summed E-state index contributed by atoms with van der Waals surface area (Å²) in [4.78, 5) is 21.8. The van der Waals surface area contributed by atoms with Crippen LogP contribution >= 0.6 is 0 Å². The summed E-state index contributed by atoms with van der Waals surface area (Å²) in [6, 6.07) is 4.57. The third-order valence-corrected chi connectivity index (χ3v) is 2.96. The first-order valence-electron chi connectivity index (χ1n) is 5.95. The molecule has 0 aromatic heterocycles. The average Bonchev–Trinajstić information content (AvgIpc) is 2.39. The number of nitro groups is 1. The van der Waals surface area contributed by atoms with E-state index in [9.17, 15) is 14.9 Å². The van der Waals surface area contributed by atoms with Crippen molar-refractivity contribution < 1.29 is 9.72 Å². The highest BCUT2D eigenvalue weighted by Crippen LogP contribution is 2.24. The van der Waals surface area contributed by atoms with Gasteiger partial charge in [0.05, 0.1) is 10.6 Å². The molecule has 0 radical (unpaired) electrons. The molecule has 2 N–H and O–H groups in total. The van der Waals surface area contributed by atoms with E-state index in [0.29, 0.717) is 30.7 Å². The van der Waals surface area contributed by atoms with E-state index in [1.54, 1.807) is 6.07 Å². The summed E-state index contributed by atoms with van der Waals surface area (Å²) in [5.74, 6) is -0.0313. The van der Waals surface area contributed by atoms with Crippen molar-refractivity contribution in [3.63, 3.8) is 0 Å². The van der Waals surface area contributed by atoms with Gasteiger partial charge in [-0.3, -0.25) is 14.9 Å². The van der Waals surface area contributed by atoms with Crippen molar-refractivity contribution in [1.82, 2.24) is 5.01 Å². The smallest absolute Gasteiger partial charge is 0.292 e. The molecule has 0 bridgehead atoms. The number of benzene rings is 1. The highest BCUT2D eigenvalue weighted by Gasteiger charge is 2.21. The SMILES string of the molecule is CCN1N=C(c2ccc(N)c([N+](=O)[O-])c2)CCC1=O. The molecule has 1 aliphatic heterocycles. The summed E-state index contributed by atoms with van der Waals surface area (Å²) >= 11 is 0. The second-order valence-electron chi connectivity index (χ2n) is 4.19. The fraction of sp³-hybridized carbons (Fsp3) is 0.333. The van der Waals surface area contributed by atoms with E-state index in [4.69, 9.17) is 5.73 Å². The highest BCUT2D eigenvalue weighted by atomic mass is 16.6. The number of nitrogens with two attached hydrogens (primary N) is 1. The van der Waals surface area contributed by atoms with Crippen molar-refractivity contribution in [1.29, 1.82) is 0 Å². The van der Waals surface area contributed by atoms with E-state index >= 15 is 0 Å². The number of hydrazone groups is 1. The zero-order valence-electron chi connectivity index (χ0n) is 10.5. The molecule has 0 fully saturated rings. The molecule has 2 rings (SSSR count). The average molecular weight is 262 g/mol. The Hall–Kier alpha value is -2.44. The number of hydrogen-bond acceptors (Lipinski definition) is 5. The van der Waals surface area contributed by atoms with Gasteiger partial charge in [0.1, 0.15) is 5.69 Å². The maximum Gasteiger partial charge on any atom is 0.292 e. The third kappa shape index (κ3) is 2.54. The Morgan fingerprint density at radius 3 is 2.84 bits per heavy atom. The van der Waals surface area contributed by atoms with Gasteiger partial charge in [-0.2, -0.15) is 5.10 Å². The lowest BCUT2D eigenvalue weighted by molar-refractivity contribution is -0.383. The van der Waals surface area contributed by atoms with Crippen molar-refractivity contribution >= 4 is 23.0 Å². The summed E-state index contributed by atoms with van der Waals surface area (Å²) < 4.78 is 0. The molecule has 0 saturated carbocycles. The van der Waals surface area contributed by atoms with Crippen LogP contribution in [0.2, 0.25) is 0 Å². The first-order chi connectivity index (χ1) is 9.02. The summed E-state index contributed by atoms with van der Waals surface area (Å²) in [5, 5.41) is 16.4. The quantitative estimate of drug-likeness (QED) is 0.506. The molecule has 0 atom stereocenters. The first-order valence-corrected chi connectivity index (χ1v) is 5.95. The number of carbonyl (C=O) groups excluding carboxylic acids is 1. The minimum Gasteiger partial charge on any atom is -0.393 e. The van der Waals surface area contributed by atoms with Gasteiger partial charge < -0.3 is 5.73 Å². The van der Waals surface area contributed by atoms with Gasteiger partial charge in [-0.05, 0) is 13.0 Å². The molecule has 0 unspecified atom stereocenters. The van der Waals surface area contributed by atoms with Crippen LogP contribution in [0.4, 0.5) is 11.4 Å². The van der Waals surface area contributed by atoms with Gasteiger partial charge in [-0.25, -0.2) is 5.01 Å². The van der Waals surface area contributed by atoms with Crippen molar-refractivity contribution in [2.75, 3.05) is 12.3 Å². The number of nitrogen functional groups attached to an aromatic ring is 1. The van der Waals surface area contributed by atoms with Gasteiger partial charge in [-0.15, -0.1) is 0 Å². The number of anilines is 1. The second-order valence-corrected chi connectivity index (χ2v) is 4.19. The zero-order valence-corrected chi connectivity index (χ0v) is 10.5. The fourth-order valence-electron chi connectivity index (χ4n) is 1.94. The number of hydrogen-bond donors (Lipinski definition) is 1. The van der Waals surface area contributed by atoms with E-state index in [1.165, 1.54) is 17.1 Å². The monoisotopic (exact) mass is 262 g/mol. The lowest BCUT2D eigenvalue weighted by atomic mass is 10.0. The molecule has 19 heavy (non-hydrogen) atoms. The number of carbonyl (C=O) groups is 1. The Morgan fingerprint density at radius 2 is 2.21 bits per heavy atom. The number of amides is 1. The van der Waals surface area contributed by atoms with Crippen LogP contribution in [-0.2, 0) is 4.79 Å². The number of nitro benzene ring substituents is 1. The molecule has 0 aliphatic carbocycles. The predicted molar refractivity (Wildman–Crippen MR) is 70.7 cm³/mol. The van der Waals surface area contributed by atoms with E-state index in [0.717, 1.165) is 0 Å². The summed E-state index contributed by atoms with van der Waals surface area (Å²) in [5.41, 5.74) is 6.83. The Morgan fingerprint density at radius 1 is 1.47 bits per heavy atom. The molecule has 1 aromatic carbocycles. The molecule has 1 amide bonds. The maximum absolute atomic E-state index is 11.5. The number of rotatable bonds is 3. The van der Waals surface area contributed by atoms with Crippen LogP contribution in [0.15, 0.2) is 23.3 Å². The second kappa shape index (κ2) is 5.05. The molecular formula is C12H14N4O3. The molecular weight excluding hydrogens is 248 g/mol. The van der Waals surface area contributed by atoms with Gasteiger partial charge in [0, 0.05) is 31.0 Å². The van der Waals surface area contributed by atoms with Crippen molar-refractivity contribution in [3.8, 4) is 0 Å². The zero-order chi connectivity index (χ0) is 14.0. The van der Waals surface area contributed by atoms with Crippen molar-refractivity contribution in [2.24, 2.45) is 5.10 Å². The van der Waals surface area contributed by atoms with Crippen LogP contribution in [0, 0.1) is 10.1 Å². The first kappa shape index (κ1) is 13.0. The summed E-state index contributed by atoms with van der Waals surface area (Å²) in [6.45, 7) is 2.31. The normalized spacial score (nSPS) is 15.3. The largest absolute Gasteiger partial charge is 0.393 e. The topological polar surface area (TPSA) is 102 Å². The van der Waals surface area contributed by atoms with E-state index < -0.39 is 4.92 Å². The Kier molecular flexibility index (Phi) is 3.46. The molecule has 7 heteroatoms. The van der Waals surface area contributed by atoms with Crippen LogP contribution < -0.4 is 5.73 Å². The van der Waals surface area contributed by atoms with Crippen LogP contribution in [0.5, 0.6) is 0 Å². The Labute approximate surface area is 109 Å². The van der Waals surface area contributed by atoms with Crippen molar-refractivity contribution in [3.05, 3.63) is 33.9 Å². The molecule has 0 spiro atoms. The van der Waals surface area contributed by atoms with Gasteiger partial charge >= 0.3 is 0 Å². The van der Waals surface area contributed by atoms with Gasteiger partial charge in [0.2, 0.25) is 5.91 Å². The fourth-order valence-corrected chi connectivity index (χ4v) is 1.94. The minimum absolute atomic E-state index is 0.0313. The van der Waals surface area contributed by atoms with Crippen LogP contribution in [0.1, 0.15) is 25.3 Å². The third-order valence-electron chi connectivity index (χ3n) is 2.96. The van der Waals surface area contributed by atoms with Gasteiger partial charge in [0.15, 0.2) is 0 Å². The Bertz CT molecular complexity index is 568. The predicted octanol–water partition coefficient (Wildman–Crippen LogP) is 1.52. The minimum atomic E-state index is -0.523. The molecule has 1 aromatic rings. The van der Waals surface area contributed by atoms with E-state index in [-0.39, 0.29) is 17.3 Å². The van der Waals surface area contributed by atoms with Crippen LogP contribution in [0.25, 0.3) is 0 Å². The molecule has 1 aliphatic rings. The summed E-state index contributed by atoms with van der Waals surface area (Å²) in [7, 11) is 0. The lowest BCUT2D eigenvalue weighted by Gasteiger charge is -2.22. The number of nitrogens with zero attached hydrogens (tertiary/aromatic N) is 3. The molecule has 0 saturated heterocycles. The van der Waals surface area contributed by atoms with Gasteiger partial charge in [-0.1, -0.05) is 6.07 Å². The Balaban J connectivity index is 2.40.